The van der Waals surface area contributed by atoms with Crippen LogP contribution in [0.15, 0.2) is 18.2 Å². The van der Waals surface area contributed by atoms with Crippen LogP contribution in [0.25, 0.3) is 0 Å². The molecule has 1 aliphatic rings. The molecule has 0 spiro atoms. The summed E-state index contributed by atoms with van der Waals surface area (Å²) in [5.74, 6) is 0.762. The highest BCUT2D eigenvalue weighted by molar-refractivity contribution is 5.32. The number of aliphatic hydroxyl groups excluding tert-OH is 1. The zero-order valence-corrected chi connectivity index (χ0v) is 10.9. The fraction of sp³-hybridized carbons (Fsp3) is 0.600. The summed E-state index contributed by atoms with van der Waals surface area (Å²) >= 11 is 0. The normalized spacial score (nSPS) is 18.6. The first-order valence-electron chi connectivity index (χ1n) is 6.74. The van der Waals surface area contributed by atoms with Gasteiger partial charge in [-0.05, 0) is 49.4 Å². The Balaban J connectivity index is 1.86. The van der Waals surface area contributed by atoms with E-state index in [1.165, 1.54) is 31.4 Å². The molecule has 1 aromatic rings. The van der Waals surface area contributed by atoms with Crippen LogP contribution in [0.4, 0.5) is 4.39 Å². The molecule has 0 aromatic heterocycles. The fourth-order valence-electron chi connectivity index (χ4n) is 2.60. The van der Waals surface area contributed by atoms with Gasteiger partial charge in [-0.2, -0.15) is 0 Å². The van der Waals surface area contributed by atoms with Gasteiger partial charge >= 0.3 is 0 Å². The Kier molecular flexibility index (Phi) is 4.59. The second-order valence-electron chi connectivity index (χ2n) is 5.19. The van der Waals surface area contributed by atoms with Gasteiger partial charge in [0, 0.05) is 0 Å². The van der Waals surface area contributed by atoms with Crippen molar-refractivity contribution in [1.82, 2.24) is 0 Å². The van der Waals surface area contributed by atoms with Crippen LogP contribution in [0.1, 0.15) is 37.7 Å². The highest BCUT2D eigenvalue weighted by Gasteiger charge is 2.22. The lowest BCUT2D eigenvalue weighted by molar-refractivity contribution is 0.0411. The van der Waals surface area contributed by atoms with Gasteiger partial charge in [0.1, 0.15) is 18.2 Å². The van der Waals surface area contributed by atoms with Gasteiger partial charge in [-0.1, -0.05) is 19.3 Å². The van der Waals surface area contributed by atoms with E-state index < -0.39 is 6.10 Å². The van der Waals surface area contributed by atoms with Crippen LogP contribution < -0.4 is 4.74 Å². The SMILES string of the molecule is Cc1cc(F)ccc1OCC(O)C1CCCCC1. The number of ether oxygens (including phenoxy) is 1. The van der Waals surface area contributed by atoms with Crippen molar-refractivity contribution in [3.63, 3.8) is 0 Å². The van der Waals surface area contributed by atoms with Gasteiger partial charge in [-0.25, -0.2) is 4.39 Å². The van der Waals surface area contributed by atoms with E-state index in [1.54, 1.807) is 6.07 Å². The zero-order valence-electron chi connectivity index (χ0n) is 10.9. The minimum absolute atomic E-state index is 0.257. The number of hydrogen-bond acceptors (Lipinski definition) is 2. The molecule has 3 heteroatoms. The summed E-state index contributed by atoms with van der Waals surface area (Å²) in [6.45, 7) is 2.11. The molecule has 0 heterocycles. The molecule has 1 saturated carbocycles. The summed E-state index contributed by atoms with van der Waals surface area (Å²) < 4.78 is 18.5. The van der Waals surface area contributed by atoms with E-state index in [1.807, 2.05) is 6.92 Å². The number of aliphatic hydroxyl groups is 1. The first-order valence-corrected chi connectivity index (χ1v) is 6.74. The summed E-state index contributed by atoms with van der Waals surface area (Å²) in [5, 5.41) is 10.1. The van der Waals surface area contributed by atoms with Crippen molar-refractivity contribution in [2.24, 2.45) is 5.92 Å². The molecule has 1 aromatic carbocycles. The van der Waals surface area contributed by atoms with E-state index in [2.05, 4.69) is 0 Å². The lowest BCUT2D eigenvalue weighted by atomic mass is 9.85. The predicted molar refractivity (Wildman–Crippen MR) is 69.2 cm³/mol. The standard InChI is InChI=1S/C15H21FO2/c1-11-9-13(16)7-8-15(11)18-10-14(17)12-5-3-2-4-6-12/h7-9,12,14,17H,2-6,10H2,1H3. The molecule has 0 aliphatic heterocycles. The Morgan fingerprint density at radius 2 is 2.06 bits per heavy atom. The molecule has 1 atom stereocenters. The minimum atomic E-state index is -0.408. The monoisotopic (exact) mass is 252 g/mol. The Bertz CT molecular complexity index is 386. The average Bonchev–Trinajstić information content (AvgIpc) is 2.38. The Labute approximate surface area is 108 Å². The molecule has 1 fully saturated rings. The Morgan fingerprint density at radius 3 is 2.72 bits per heavy atom. The van der Waals surface area contributed by atoms with E-state index >= 15 is 0 Å². The Hall–Kier alpha value is -1.09. The van der Waals surface area contributed by atoms with Crippen molar-refractivity contribution in [3.8, 4) is 5.75 Å². The van der Waals surface area contributed by atoms with Gasteiger partial charge in [-0.15, -0.1) is 0 Å². The summed E-state index contributed by atoms with van der Waals surface area (Å²) in [4.78, 5) is 0. The van der Waals surface area contributed by atoms with Crippen LogP contribution in [0.5, 0.6) is 5.75 Å². The maximum Gasteiger partial charge on any atom is 0.123 e. The molecule has 0 bridgehead atoms. The molecule has 0 saturated heterocycles. The molecule has 18 heavy (non-hydrogen) atoms. The molecule has 2 nitrogen and oxygen atoms in total. The molecule has 0 radical (unpaired) electrons. The van der Waals surface area contributed by atoms with E-state index in [4.69, 9.17) is 4.74 Å². The van der Waals surface area contributed by atoms with Crippen LogP contribution in [0, 0.1) is 18.7 Å². The third-order valence-electron chi connectivity index (χ3n) is 3.74. The smallest absolute Gasteiger partial charge is 0.123 e. The van der Waals surface area contributed by atoms with Crippen molar-refractivity contribution >= 4 is 0 Å². The topological polar surface area (TPSA) is 29.5 Å². The molecule has 1 N–H and O–H groups in total. The first kappa shape index (κ1) is 13.3. The van der Waals surface area contributed by atoms with E-state index in [0.29, 0.717) is 18.3 Å². The molecule has 1 unspecified atom stereocenters. The number of benzene rings is 1. The number of aryl methyl sites for hydroxylation is 1. The maximum absolute atomic E-state index is 12.9. The average molecular weight is 252 g/mol. The number of hydrogen-bond donors (Lipinski definition) is 1. The largest absolute Gasteiger partial charge is 0.491 e. The molecular formula is C15H21FO2. The van der Waals surface area contributed by atoms with Crippen LogP contribution in [-0.4, -0.2) is 17.8 Å². The second kappa shape index (κ2) is 6.19. The predicted octanol–water partition coefficient (Wildman–Crippen LogP) is 3.45. The molecule has 0 amide bonds. The molecular weight excluding hydrogens is 231 g/mol. The van der Waals surface area contributed by atoms with Gasteiger partial charge in [0.05, 0.1) is 6.10 Å². The van der Waals surface area contributed by atoms with Gasteiger partial charge in [0.2, 0.25) is 0 Å². The third-order valence-corrected chi connectivity index (χ3v) is 3.74. The van der Waals surface area contributed by atoms with Gasteiger partial charge in [0.15, 0.2) is 0 Å². The van der Waals surface area contributed by atoms with E-state index in [-0.39, 0.29) is 5.82 Å². The van der Waals surface area contributed by atoms with Crippen LogP contribution >= 0.6 is 0 Å². The van der Waals surface area contributed by atoms with Crippen molar-refractivity contribution in [1.29, 1.82) is 0 Å². The summed E-state index contributed by atoms with van der Waals surface area (Å²) in [5.41, 5.74) is 0.769. The highest BCUT2D eigenvalue weighted by Crippen LogP contribution is 2.27. The summed E-state index contributed by atoms with van der Waals surface area (Å²) in [6, 6.07) is 4.45. The summed E-state index contributed by atoms with van der Waals surface area (Å²) in [6.07, 6.45) is 5.46. The van der Waals surface area contributed by atoms with E-state index in [9.17, 15) is 9.50 Å². The highest BCUT2D eigenvalue weighted by atomic mass is 19.1. The first-order chi connectivity index (χ1) is 8.66. The van der Waals surface area contributed by atoms with Crippen molar-refractivity contribution in [2.75, 3.05) is 6.61 Å². The molecule has 1 aliphatic carbocycles. The van der Waals surface area contributed by atoms with Crippen molar-refractivity contribution in [2.45, 2.75) is 45.1 Å². The van der Waals surface area contributed by atoms with Gasteiger partial charge in [0.25, 0.3) is 0 Å². The lowest BCUT2D eigenvalue weighted by Gasteiger charge is -2.26. The quantitative estimate of drug-likeness (QED) is 0.889. The molecule has 2 rings (SSSR count). The summed E-state index contributed by atoms with van der Waals surface area (Å²) in [7, 11) is 0. The lowest BCUT2D eigenvalue weighted by Crippen LogP contribution is -2.29. The fourth-order valence-corrected chi connectivity index (χ4v) is 2.60. The van der Waals surface area contributed by atoms with Gasteiger partial charge < -0.3 is 9.84 Å². The number of rotatable bonds is 4. The zero-order chi connectivity index (χ0) is 13.0. The molecule has 100 valence electrons. The number of halogens is 1. The Morgan fingerprint density at radius 1 is 1.33 bits per heavy atom. The van der Waals surface area contributed by atoms with Crippen LogP contribution in [0.2, 0.25) is 0 Å². The second-order valence-corrected chi connectivity index (χ2v) is 5.19. The maximum atomic E-state index is 12.9. The van der Waals surface area contributed by atoms with Gasteiger partial charge in [-0.3, -0.25) is 0 Å². The minimum Gasteiger partial charge on any atom is -0.491 e. The van der Waals surface area contributed by atoms with Crippen molar-refractivity contribution in [3.05, 3.63) is 29.6 Å². The van der Waals surface area contributed by atoms with Crippen molar-refractivity contribution < 1.29 is 14.2 Å². The third kappa shape index (κ3) is 3.45. The van der Waals surface area contributed by atoms with Crippen LogP contribution in [-0.2, 0) is 0 Å². The van der Waals surface area contributed by atoms with Crippen LogP contribution in [0.3, 0.4) is 0 Å². The van der Waals surface area contributed by atoms with E-state index in [0.717, 1.165) is 18.4 Å².